The van der Waals surface area contributed by atoms with Crippen molar-refractivity contribution in [2.24, 2.45) is 0 Å². The van der Waals surface area contributed by atoms with Gasteiger partial charge in [-0.15, -0.1) is 0 Å². The van der Waals surface area contributed by atoms with Crippen LogP contribution in [0, 0.1) is 5.82 Å². The normalized spacial score (nSPS) is 13.6. The van der Waals surface area contributed by atoms with Gasteiger partial charge in [-0.2, -0.15) is 11.8 Å². The number of aliphatic hydroxyl groups excluding tert-OH is 1. The van der Waals surface area contributed by atoms with Gasteiger partial charge < -0.3 is 5.11 Å². The number of halogens is 1. The Morgan fingerprint density at radius 1 is 1.50 bits per heavy atom. The van der Waals surface area contributed by atoms with Gasteiger partial charge in [-0.25, -0.2) is 17.5 Å². The molecule has 0 spiro atoms. The van der Waals surface area contributed by atoms with Crippen molar-refractivity contribution >= 4 is 21.8 Å². The highest BCUT2D eigenvalue weighted by Crippen LogP contribution is 2.16. The van der Waals surface area contributed by atoms with E-state index in [1.165, 1.54) is 17.8 Å². The molecule has 0 radical (unpaired) electrons. The summed E-state index contributed by atoms with van der Waals surface area (Å²) < 4.78 is 39.9. The minimum atomic E-state index is -3.86. The predicted octanol–water partition coefficient (Wildman–Crippen LogP) is 1.35. The maximum absolute atomic E-state index is 13.6. The summed E-state index contributed by atoms with van der Waals surface area (Å²) in [6, 6.07) is 3.29. The van der Waals surface area contributed by atoms with Crippen molar-refractivity contribution in [3.05, 3.63) is 29.6 Å². The summed E-state index contributed by atoms with van der Waals surface area (Å²) in [5.74, 6) is -0.249. The fourth-order valence-electron chi connectivity index (χ4n) is 1.47. The van der Waals surface area contributed by atoms with Crippen LogP contribution in [0.3, 0.4) is 0 Å². The quantitative estimate of drug-likeness (QED) is 0.831. The van der Waals surface area contributed by atoms with E-state index in [1.807, 2.05) is 6.26 Å². The number of nitrogens with one attached hydrogen (secondary N) is 1. The van der Waals surface area contributed by atoms with E-state index in [-0.39, 0.29) is 12.6 Å². The molecule has 0 aliphatic heterocycles. The van der Waals surface area contributed by atoms with Gasteiger partial charge in [0.25, 0.3) is 0 Å². The molecule has 0 saturated carbocycles. The van der Waals surface area contributed by atoms with Gasteiger partial charge in [0.15, 0.2) is 0 Å². The van der Waals surface area contributed by atoms with Gasteiger partial charge in [0, 0.05) is 11.8 Å². The highest BCUT2D eigenvalue weighted by molar-refractivity contribution is 7.98. The summed E-state index contributed by atoms with van der Waals surface area (Å²) in [6.07, 6.45) is 1.86. The zero-order chi connectivity index (χ0) is 13.8. The van der Waals surface area contributed by atoms with Gasteiger partial charge in [0.1, 0.15) is 10.7 Å². The second-order valence-electron chi connectivity index (χ2n) is 3.90. The zero-order valence-electron chi connectivity index (χ0n) is 10.2. The third kappa shape index (κ3) is 3.94. The average molecular weight is 293 g/mol. The van der Waals surface area contributed by atoms with Crippen molar-refractivity contribution in [2.75, 3.05) is 12.0 Å². The number of hydrogen-bond acceptors (Lipinski definition) is 4. The molecule has 7 heteroatoms. The van der Waals surface area contributed by atoms with Crippen LogP contribution >= 0.6 is 11.8 Å². The Morgan fingerprint density at radius 3 is 2.67 bits per heavy atom. The van der Waals surface area contributed by atoms with Crippen molar-refractivity contribution < 1.29 is 17.9 Å². The first kappa shape index (κ1) is 15.4. The lowest BCUT2D eigenvalue weighted by Crippen LogP contribution is -2.34. The fourth-order valence-corrected chi connectivity index (χ4v) is 3.46. The van der Waals surface area contributed by atoms with E-state index in [4.69, 9.17) is 5.11 Å². The molecule has 1 unspecified atom stereocenters. The van der Waals surface area contributed by atoms with Gasteiger partial charge in [-0.3, -0.25) is 0 Å². The lowest BCUT2D eigenvalue weighted by Gasteiger charge is -2.13. The number of benzene rings is 1. The summed E-state index contributed by atoms with van der Waals surface area (Å²) in [4.78, 5) is -0.396. The van der Waals surface area contributed by atoms with Gasteiger partial charge in [-0.1, -0.05) is 6.07 Å². The zero-order valence-corrected chi connectivity index (χ0v) is 11.8. The lowest BCUT2D eigenvalue weighted by atomic mass is 10.2. The van der Waals surface area contributed by atoms with E-state index in [9.17, 15) is 12.8 Å². The van der Waals surface area contributed by atoms with Crippen LogP contribution in [-0.2, 0) is 16.6 Å². The van der Waals surface area contributed by atoms with Crippen LogP contribution in [0.5, 0.6) is 0 Å². The largest absolute Gasteiger partial charge is 0.392 e. The van der Waals surface area contributed by atoms with Crippen LogP contribution in [0.2, 0.25) is 0 Å². The summed E-state index contributed by atoms with van der Waals surface area (Å²) in [6.45, 7) is 1.39. The maximum Gasteiger partial charge on any atom is 0.243 e. The minimum absolute atomic E-state index is 0.276. The van der Waals surface area contributed by atoms with Crippen LogP contribution in [-0.4, -0.2) is 31.6 Å². The summed E-state index contributed by atoms with van der Waals surface area (Å²) in [5.41, 5.74) is 0.337. The van der Waals surface area contributed by atoms with Crippen LogP contribution in [0.4, 0.5) is 4.39 Å². The molecule has 0 heterocycles. The number of thioether (sulfide) groups is 1. The molecule has 1 aromatic rings. The molecule has 1 aromatic carbocycles. The molecule has 1 atom stereocenters. The van der Waals surface area contributed by atoms with Crippen molar-refractivity contribution in [2.45, 2.75) is 24.5 Å². The van der Waals surface area contributed by atoms with Crippen molar-refractivity contribution in [1.82, 2.24) is 4.72 Å². The molecule has 0 aromatic heterocycles. The first-order valence-electron chi connectivity index (χ1n) is 5.31. The summed E-state index contributed by atoms with van der Waals surface area (Å²) >= 11 is 1.50. The lowest BCUT2D eigenvalue weighted by molar-refractivity contribution is 0.281. The van der Waals surface area contributed by atoms with Crippen molar-refractivity contribution in [3.63, 3.8) is 0 Å². The molecule has 2 N–H and O–H groups in total. The van der Waals surface area contributed by atoms with Gasteiger partial charge in [0.05, 0.1) is 6.61 Å². The third-order valence-corrected chi connectivity index (χ3v) is 4.70. The van der Waals surface area contributed by atoms with Crippen molar-refractivity contribution in [1.29, 1.82) is 0 Å². The molecule has 0 bridgehead atoms. The molecule has 102 valence electrons. The van der Waals surface area contributed by atoms with E-state index in [0.717, 1.165) is 12.1 Å². The van der Waals surface area contributed by atoms with E-state index in [2.05, 4.69) is 4.72 Å². The first-order valence-corrected chi connectivity index (χ1v) is 8.19. The Kier molecular flexibility index (Phi) is 5.58. The van der Waals surface area contributed by atoms with Gasteiger partial charge in [-0.05, 0) is 30.9 Å². The Balaban J connectivity index is 2.98. The Labute approximate surface area is 111 Å². The van der Waals surface area contributed by atoms with Crippen LogP contribution in [0.25, 0.3) is 0 Å². The van der Waals surface area contributed by atoms with E-state index in [0.29, 0.717) is 11.3 Å². The van der Waals surface area contributed by atoms with E-state index in [1.54, 1.807) is 6.92 Å². The molecule has 0 fully saturated rings. The molecule has 18 heavy (non-hydrogen) atoms. The Hall–Kier alpha value is -0.630. The Bertz CT molecular complexity index is 505. The van der Waals surface area contributed by atoms with Crippen LogP contribution < -0.4 is 4.72 Å². The Morgan fingerprint density at radius 2 is 2.17 bits per heavy atom. The number of rotatable bonds is 6. The molecule has 0 saturated heterocycles. The number of hydrogen-bond donors (Lipinski definition) is 2. The number of aliphatic hydroxyl groups is 1. The highest BCUT2D eigenvalue weighted by atomic mass is 32.2. The third-order valence-electron chi connectivity index (χ3n) is 2.24. The van der Waals surface area contributed by atoms with Crippen LogP contribution in [0.1, 0.15) is 12.5 Å². The SMILES string of the molecule is CSCC(C)NS(=O)(=O)c1ccc(CO)cc1F. The van der Waals surface area contributed by atoms with Crippen molar-refractivity contribution in [3.8, 4) is 0 Å². The average Bonchev–Trinajstić information content (AvgIpc) is 2.27. The molecule has 0 aliphatic carbocycles. The smallest absolute Gasteiger partial charge is 0.243 e. The van der Waals surface area contributed by atoms with Gasteiger partial charge >= 0.3 is 0 Å². The topological polar surface area (TPSA) is 66.4 Å². The van der Waals surface area contributed by atoms with E-state index < -0.39 is 20.7 Å². The number of sulfonamides is 1. The molecular formula is C11H16FNO3S2. The van der Waals surface area contributed by atoms with E-state index >= 15 is 0 Å². The second-order valence-corrected chi connectivity index (χ2v) is 6.49. The molecule has 0 aliphatic rings. The predicted molar refractivity (Wildman–Crippen MR) is 70.5 cm³/mol. The minimum Gasteiger partial charge on any atom is -0.392 e. The second kappa shape index (κ2) is 6.51. The fraction of sp³-hybridized carbons (Fsp3) is 0.455. The van der Waals surface area contributed by atoms with Crippen LogP contribution in [0.15, 0.2) is 23.1 Å². The molecule has 0 amide bonds. The molecule has 4 nitrogen and oxygen atoms in total. The highest BCUT2D eigenvalue weighted by Gasteiger charge is 2.21. The maximum atomic E-state index is 13.6. The first-order chi connectivity index (χ1) is 8.40. The molecular weight excluding hydrogens is 277 g/mol. The monoisotopic (exact) mass is 293 g/mol. The molecule has 1 rings (SSSR count). The standard InChI is InChI=1S/C11H16FNO3S2/c1-8(7-17-2)13-18(15,16)11-4-3-9(6-14)5-10(11)12/h3-5,8,13-14H,6-7H2,1-2H3. The van der Waals surface area contributed by atoms with Gasteiger partial charge in [0.2, 0.25) is 10.0 Å². The summed E-state index contributed by atoms with van der Waals surface area (Å²) in [7, 11) is -3.86. The summed E-state index contributed by atoms with van der Waals surface area (Å²) in [5, 5.41) is 8.84.